The summed E-state index contributed by atoms with van der Waals surface area (Å²) in [5.41, 5.74) is 0. The summed E-state index contributed by atoms with van der Waals surface area (Å²) in [6, 6.07) is 0. The molecule has 0 fully saturated rings. The number of halogens is 1. The van der Waals surface area contributed by atoms with E-state index < -0.39 is 0 Å². The summed E-state index contributed by atoms with van der Waals surface area (Å²) in [5.74, 6) is 0.421. The number of alkyl halides is 1. The summed E-state index contributed by atoms with van der Waals surface area (Å²) in [6.45, 7) is 2.20. The fraction of sp³-hybridized carbons (Fsp3) is 0.545. The third-order valence-corrected chi connectivity index (χ3v) is 1.79. The average Bonchev–Trinajstić information content (AvgIpc) is 2.17. The van der Waals surface area contributed by atoms with Crippen molar-refractivity contribution in [3.63, 3.8) is 0 Å². The molecule has 0 saturated heterocycles. The molecule has 3 heteroatoms. The maximum atomic E-state index is 10.8. The number of rotatable bonds is 7. The number of unbranched alkanes of at least 4 members (excludes halogenated alkanes) is 2. The van der Waals surface area contributed by atoms with Crippen LogP contribution in [0, 0.1) is 0 Å². The summed E-state index contributed by atoms with van der Waals surface area (Å²) >= 11 is 5.52. The van der Waals surface area contributed by atoms with Crippen LogP contribution < -0.4 is 0 Å². The number of hydrogen-bond acceptors (Lipinski definition) is 2. The lowest BCUT2D eigenvalue weighted by Crippen LogP contribution is -1.98. The van der Waals surface area contributed by atoms with Crippen LogP contribution in [0.4, 0.5) is 0 Å². The first-order valence-corrected chi connectivity index (χ1v) is 5.40. The van der Waals surface area contributed by atoms with Gasteiger partial charge in [0.05, 0.1) is 6.61 Å². The molecule has 0 aliphatic heterocycles. The highest BCUT2D eigenvalue weighted by Gasteiger charge is 1.89. The van der Waals surface area contributed by atoms with E-state index >= 15 is 0 Å². The molecule has 0 rings (SSSR count). The maximum Gasteiger partial charge on any atom is 0.330 e. The highest BCUT2D eigenvalue weighted by Crippen LogP contribution is 1.98. The summed E-state index contributed by atoms with van der Waals surface area (Å²) in [7, 11) is 0. The molecule has 0 aromatic carbocycles. The van der Waals surface area contributed by atoms with Gasteiger partial charge in [-0.2, -0.15) is 0 Å². The minimum absolute atomic E-state index is 0.294. The SMILES string of the molecule is CCOC(=O)/C=C/C=C/CCCCCl. The van der Waals surface area contributed by atoms with Crippen LogP contribution in [-0.4, -0.2) is 18.5 Å². The number of esters is 1. The van der Waals surface area contributed by atoms with E-state index in [9.17, 15) is 4.79 Å². The van der Waals surface area contributed by atoms with Crippen molar-refractivity contribution in [3.8, 4) is 0 Å². The van der Waals surface area contributed by atoms with Crippen LogP contribution in [0.15, 0.2) is 24.3 Å². The molecule has 0 aliphatic rings. The molecule has 2 nitrogen and oxygen atoms in total. The number of ether oxygens (including phenoxy) is 1. The molecule has 0 atom stereocenters. The van der Waals surface area contributed by atoms with Gasteiger partial charge in [0.15, 0.2) is 0 Å². The molecule has 0 spiro atoms. The van der Waals surface area contributed by atoms with Gasteiger partial charge in [-0.05, 0) is 26.2 Å². The van der Waals surface area contributed by atoms with Gasteiger partial charge in [0.2, 0.25) is 0 Å². The number of allylic oxidation sites excluding steroid dienone is 3. The zero-order valence-electron chi connectivity index (χ0n) is 8.54. The Balaban J connectivity index is 3.45. The Labute approximate surface area is 90.6 Å². The van der Waals surface area contributed by atoms with E-state index in [1.165, 1.54) is 6.08 Å². The average molecular weight is 217 g/mol. The van der Waals surface area contributed by atoms with Crippen molar-refractivity contribution in [1.82, 2.24) is 0 Å². The highest BCUT2D eigenvalue weighted by atomic mass is 35.5. The number of hydrogen-bond donors (Lipinski definition) is 0. The van der Waals surface area contributed by atoms with Gasteiger partial charge >= 0.3 is 5.97 Å². The first-order chi connectivity index (χ1) is 6.81. The predicted molar refractivity (Wildman–Crippen MR) is 59.5 cm³/mol. The summed E-state index contributed by atoms with van der Waals surface area (Å²) in [6.07, 6.45) is 10.1. The smallest absolute Gasteiger partial charge is 0.330 e. The molecule has 0 unspecified atom stereocenters. The first kappa shape index (κ1) is 13.2. The van der Waals surface area contributed by atoms with Crippen molar-refractivity contribution in [3.05, 3.63) is 24.3 Å². The van der Waals surface area contributed by atoms with Crippen molar-refractivity contribution < 1.29 is 9.53 Å². The van der Waals surface area contributed by atoms with Gasteiger partial charge in [0.1, 0.15) is 0 Å². The van der Waals surface area contributed by atoms with Gasteiger partial charge in [-0.25, -0.2) is 4.79 Å². The second-order valence-electron chi connectivity index (χ2n) is 2.72. The summed E-state index contributed by atoms with van der Waals surface area (Å²) in [5, 5.41) is 0. The van der Waals surface area contributed by atoms with Crippen LogP contribution in [0.3, 0.4) is 0 Å². The molecule has 0 bridgehead atoms. The third-order valence-electron chi connectivity index (χ3n) is 1.52. The summed E-state index contributed by atoms with van der Waals surface area (Å²) in [4.78, 5) is 10.8. The van der Waals surface area contributed by atoms with Gasteiger partial charge in [-0.15, -0.1) is 11.6 Å². The highest BCUT2D eigenvalue weighted by molar-refractivity contribution is 6.17. The van der Waals surface area contributed by atoms with Crippen molar-refractivity contribution in [2.45, 2.75) is 26.2 Å². The molecule has 0 heterocycles. The molecule has 0 aromatic rings. The monoisotopic (exact) mass is 216 g/mol. The predicted octanol–water partition coefficient (Wildman–Crippen LogP) is 3.07. The zero-order chi connectivity index (χ0) is 10.6. The van der Waals surface area contributed by atoms with Crippen LogP contribution in [0.2, 0.25) is 0 Å². The number of carbonyl (C=O) groups is 1. The van der Waals surface area contributed by atoms with Crippen LogP contribution in [-0.2, 0) is 9.53 Å². The van der Waals surface area contributed by atoms with E-state index in [2.05, 4.69) is 0 Å². The standard InChI is InChI=1S/C11H17ClO2/c1-2-14-11(13)9-7-5-3-4-6-8-10-12/h3,5,7,9H,2,4,6,8,10H2,1H3/b5-3+,9-7+. The minimum Gasteiger partial charge on any atom is -0.463 e. The van der Waals surface area contributed by atoms with Crippen LogP contribution in [0.1, 0.15) is 26.2 Å². The lowest BCUT2D eigenvalue weighted by molar-refractivity contribution is -0.137. The second-order valence-corrected chi connectivity index (χ2v) is 3.10. The van der Waals surface area contributed by atoms with Gasteiger partial charge in [-0.1, -0.05) is 18.2 Å². The van der Waals surface area contributed by atoms with Gasteiger partial charge in [0.25, 0.3) is 0 Å². The van der Waals surface area contributed by atoms with Crippen molar-refractivity contribution >= 4 is 17.6 Å². The van der Waals surface area contributed by atoms with Gasteiger partial charge in [-0.3, -0.25) is 0 Å². The molecule has 14 heavy (non-hydrogen) atoms. The molecule has 0 aliphatic carbocycles. The fourth-order valence-corrected chi connectivity index (χ4v) is 1.04. The first-order valence-electron chi connectivity index (χ1n) is 4.87. The molecule has 0 amide bonds. The molecular formula is C11H17ClO2. The normalized spacial score (nSPS) is 11.3. The molecule has 80 valence electrons. The molecule has 0 saturated carbocycles. The Kier molecular flexibility index (Phi) is 9.76. The minimum atomic E-state index is -0.294. The fourth-order valence-electron chi connectivity index (χ4n) is 0.856. The van der Waals surface area contributed by atoms with Crippen molar-refractivity contribution in [1.29, 1.82) is 0 Å². The number of carbonyl (C=O) groups excluding carboxylic acids is 1. The third kappa shape index (κ3) is 9.33. The Morgan fingerprint density at radius 3 is 2.79 bits per heavy atom. The topological polar surface area (TPSA) is 26.3 Å². The zero-order valence-corrected chi connectivity index (χ0v) is 9.30. The Morgan fingerprint density at radius 1 is 1.36 bits per heavy atom. The lowest BCUT2D eigenvalue weighted by Gasteiger charge is -1.92. The van der Waals surface area contributed by atoms with Crippen LogP contribution >= 0.6 is 11.6 Å². The Bertz CT molecular complexity index is 197. The van der Waals surface area contributed by atoms with Gasteiger partial charge < -0.3 is 4.74 Å². The largest absolute Gasteiger partial charge is 0.463 e. The second kappa shape index (κ2) is 10.3. The van der Waals surface area contributed by atoms with Gasteiger partial charge in [0, 0.05) is 12.0 Å². The quantitative estimate of drug-likeness (QED) is 0.215. The molecular weight excluding hydrogens is 200 g/mol. The van der Waals surface area contributed by atoms with E-state index in [1.807, 2.05) is 12.2 Å². The van der Waals surface area contributed by atoms with E-state index in [-0.39, 0.29) is 5.97 Å². The van der Waals surface area contributed by atoms with E-state index in [0.717, 1.165) is 19.3 Å². The Morgan fingerprint density at radius 2 is 2.14 bits per heavy atom. The van der Waals surface area contributed by atoms with E-state index in [0.29, 0.717) is 12.5 Å². The molecule has 0 radical (unpaired) electrons. The van der Waals surface area contributed by atoms with Crippen molar-refractivity contribution in [2.24, 2.45) is 0 Å². The van der Waals surface area contributed by atoms with E-state index in [4.69, 9.17) is 16.3 Å². The van der Waals surface area contributed by atoms with Crippen LogP contribution in [0.5, 0.6) is 0 Å². The molecule has 0 aromatic heterocycles. The van der Waals surface area contributed by atoms with E-state index in [1.54, 1.807) is 13.0 Å². The lowest BCUT2D eigenvalue weighted by atomic mass is 10.2. The Hall–Kier alpha value is -0.760. The summed E-state index contributed by atoms with van der Waals surface area (Å²) < 4.78 is 4.71. The van der Waals surface area contributed by atoms with Crippen LogP contribution in [0.25, 0.3) is 0 Å². The maximum absolute atomic E-state index is 10.8. The van der Waals surface area contributed by atoms with Crippen molar-refractivity contribution in [2.75, 3.05) is 12.5 Å². The molecule has 0 N–H and O–H groups in total.